The van der Waals surface area contributed by atoms with Gasteiger partial charge in [0.2, 0.25) is 0 Å². The summed E-state index contributed by atoms with van der Waals surface area (Å²) in [5, 5.41) is 3.63. The Labute approximate surface area is 117 Å². The highest BCUT2D eigenvalue weighted by molar-refractivity contribution is 5.30. The molecule has 106 valence electrons. The Hall–Kier alpha value is -0.860. The molecule has 1 N–H and O–H groups in total. The van der Waals surface area contributed by atoms with E-state index in [1.165, 1.54) is 30.4 Å². The number of benzene rings is 1. The van der Waals surface area contributed by atoms with Crippen molar-refractivity contribution in [3.8, 4) is 0 Å². The van der Waals surface area contributed by atoms with Gasteiger partial charge in [0.15, 0.2) is 0 Å². The molecule has 19 heavy (non-hydrogen) atoms. The van der Waals surface area contributed by atoms with Gasteiger partial charge in [-0.2, -0.15) is 0 Å². The van der Waals surface area contributed by atoms with E-state index in [0.717, 1.165) is 32.1 Å². The van der Waals surface area contributed by atoms with Gasteiger partial charge in [-0.25, -0.2) is 0 Å². The molecule has 0 bridgehead atoms. The first-order valence-corrected chi connectivity index (χ1v) is 7.63. The van der Waals surface area contributed by atoms with Crippen molar-refractivity contribution in [2.45, 2.75) is 45.6 Å². The Morgan fingerprint density at radius 2 is 2.00 bits per heavy atom. The van der Waals surface area contributed by atoms with Gasteiger partial charge in [0, 0.05) is 19.2 Å². The number of rotatable bonds is 7. The minimum Gasteiger partial charge on any atom is -0.380 e. The summed E-state index contributed by atoms with van der Waals surface area (Å²) < 4.78 is 5.64. The molecule has 1 unspecified atom stereocenters. The highest BCUT2D eigenvalue weighted by Gasteiger charge is 2.17. The molecule has 1 aromatic rings. The van der Waals surface area contributed by atoms with Crippen LogP contribution in [0.1, 0.15) is 37.8 Å². The SMILES string of the molecule is CC(C)CCOCCNC1CCc2ccccc2C1. The highest BCUT2D eigenvalue weighted by Crippen LogP contribution is 2.20. The van der Waals surface area contributed by atoms with Crippen LogP contribution in [0.3, 0.4) is 0 Å². The second-order valence-corrected chi connectivity index (χ2v) is 5.96. The third-order valence-electron chi connectivity index (χ3n) is 3.87. The predicted octanol–water partition coefficient (Wildman–Crippen LogP) is 3.20. The van der Waals surface area contributed by atoms with Crippen LogP contribution in [-0.2, 0) is 17.6 Å². The Morgan fingerprint density at radius 3 is 2.79 bits per heavy atom. The molecule has 1 aliphatic rings. The minimum absolute atomic E-state index is 0.628. The Balaban J connectivity index is 1.61. The molecule has 2 nitrogen and oxygen atoms in total. The number of hydrogen-bond acceptors (Lipinski definition) is 2. The quantitative estimate of drug-likeness (QED) is 0.761. The minimum atomic E-state index is 0.628. The molecule has 0 radical (unpaired) electrons. The zero-order chi connectivity index (χ0) is 13.5. The van der Waals surface area contributed by atoms with Crippen molar-refractivity contribution in [3.63, 3.8) is 0 Å². The van der Waals surface area contributed by atoms with Crippen molar-refractivity contribution in [1.29, 1.82) is 0 Å². The molecule has 1 aromatic carbocycles. The van der Waals surface area contributed by atoms with Crippen molar-refractivity contribution in [1.82, 2.24) is 5.32 Å². The maximum atomic E-state index is 5.64. The van der Waals surface area contributed by atoms with Crippen LogP contribution < -0.4 is 5.32 Å². The molecule has 0 amide bonds. The lowest BCUT2D eigenvalue weighted by molar-refractivity contribution is 0.123. The van der Waals surface area contributed by atoms with Crippen LogP contribution in [0.5, 0.6) is 0 Å². The smallest absolute Gasteiger partial charge is 0.0591 e. The first-order valence-electron chi connectivity index (χ1n) is 7.63. The van der Waals surface area contributed by atoms with Crippen LogP contribution in [0.2, 0.25) is 0 Å². The predicted molar refractivity (Wildman–Crippen MR) is 80.5 cm³/mol. The second kappa shape index (κ2) is 7.66. The summed E-state index contributed by atoms with van der Waals surface area (Å²) in [6.45, 7) is 7.19. The summed E-state index contributed by atoms with van der Waals surface area (Å²) in [5.41, 5.74) is 3.06. The van der Waals surface area contributed by atoms with Gasteiger partial charge in [0.25, 0.3) is 0 Å². The van der Waals surface area contributed by atoms with Crippen molar-refractivity contribution < 1.29 is 4.74 Å². The molecule has 1 aliphatic carbocycles. The van der Waals surface area contributed by atoms with Gasteiger partial charge in [0.1, 0.15) is 0 Å². The van der Waals surface area contributed by atoms with E-state index in [1.54, 1.807) is 0 Å². The summed E-state index contributed by atoms with van der Waals surface area (Å²) in [4.78, 5) is 0. The van der Waals surface area contributed by atoms with Crippen molar-refractivity contribution in [3.05, 3.63) is 35.4 Å². The molecule has 0 aliphatic heterocycles. The third-order valence-corrected chi connectivity index (χ3v) is 3.87. The lowest BCUT2D eigenvalue weighted by Gasteiger charge is -2.25. The fraction of sp³-hybridized carbons (Fsp3) is 0.647. The van der Waals surface area contributed by atoms with Crippen LogP contribution in [0, 0.1) is 5.92 Å². The summed E-state index contributed by atoms with van der Waals surface area (Å²) in [5.74, 6) is 0.739. The lowest BCUT2D eigenvalue weighted by Crippen LogP contribution is -2.36. The van der Waals surface area contributed by atoms with E-state index >= 15 is 0 Å². The monoisotopic (exact) mass is 261 g/mol. The molecule has 0 spiro atoms. The van der Waals surface area contributed by atoms with Crippen molar-refractivity contribution in [2.75, 3.05) is 19.8 Å². The molecular weight excluding hydrogens is 234 g/mol. The zero-order valence-electron chi connectivity index (χ0n) is 12.3. The number of hydrogen-bond donors (Lipinski definition) is 1. The van der Waals surface area contributed by atoms with Gasteiger partial charge in [-0.05, 0) is 42.7 Å². The van der Waals surface area contributed by atoms with Crippen LogP contribution >= 0.6 is 0 Å². The lowest BCUT2D eigenvalue weighted by atomic mass is 9.88. The Kier molecular flexibility index (Phi) is 5.87. The molecule has 0 heterocycles. The molecule has 0 saturated carbocycles. The molecule has 0 saturated heterocycles. The van der Waals surface area contributed by atoms with E-state index in [-0.39, 0.29) is 0 Å². The summed E-state index contributed by atoms with van der Waals surface area (Å²) in [6, 6.07) is 9.46. The largest absolute Gasteiger partial charge is 0.380 e. The van der Waals surface area contributed by atoms with Gasteiger partial charge in [-0.1, -0.05) is 38.1 Å². The molecular formula is C17H27NO. The standard InChI is InChI=1S/C17H27NO/c1-14(2)9-11-19-12-10-18-17-8-7-15-5-3-4-6-16(15)13-17/h3-6,14,17-18H,7-13H2,1-2H3. The van der Waals surface area contributed by atoms with Crippen LogP contribution in [0.4, 0.5) is 0 Å². The van der Waals surface area contributed by atoms with E-state index < -0.39 is 0 Å². The van der Waals surface area contributed by atoms with Gasteiger partial charge < -0.3 is 10.1 Å². The summed E-state index contributed by atoms with van der Waals surface area (Å²) >= 11 is 0. The van der Waals surface area contributed by atoms with Gasteiger partial charge in [0.05, 0.1) is 6.61 Å². The van der Waals surface area contributed by atoms with Gasteiger partial charge in [-0.3, -0.25) is 0 Å². The van der Waals surface area contributed by atoms with Gasteiger partial charge in [-0.15, -0.1) is 0 Å². The molecule has 0 fully saturated rings. The normalized spacial score (nSPS) is 18.6. The zero-order valence-corrected chi connectivity index (χ0v) is 12.3. The number of nitrogens with one attached hydrogen (secondary N) is 1. The molecule has 1 atom stereocenters. The number of ether oxygens (including phenoxy) is 1. The van der Waals surface area contributed by atoms with Crippen LogP contribution in [0.15, 0.2) is 24.3 Å². The summed E-state index contributed by atoms with van der Waals surface area (Å²) in [7, 11) is 0. The Morgan fingerprint density at radius 1 is 1.21 bits per heavy atom. The van der Waals surface area contributed by atoms with E-state index in [1.807, 2.05) is 0 Å². The van der Waals surface area contributed by atoms with Crippen LogP contribution in [0.25, 0.3) is 0 Å². The third kappa shape index (κ3) is 4.96. The fourth-order valence-electron chi connectivity index (χ4n) is 2.63. The second-order valence-electron chi connectivity index (χ2n) is 5.96. The van der Waals surface area contributed by atoms with Crippen LogP contribution in [-0.4, -0.2) is 25.8 Å². The fourth-order valence-corrected chi connectivity index (χ4v) is 2.63. The van der Waals surface area contributed by atoms with E-state index in [2.05, 4.69) is 43.4 Å². The molecule has 0 aromatic heterocycles. The van der Waals surface area contributed by atoms with E-state index in [4.69, 9.17) is 4.74 Å². The van der Waals surface area contributed by atoms with Crippen molar-refractivity contribution in [2.24, 2.45) is 5.92 Å². The number of fused-ring (bicyclic) bond motifs is 1. The summed E-state index contributed by atoms with van der Waals surface area (Å²) in [6.07, 6.45) is 4.80. The Bertz CT molecular complexity index is 375. The van der Waals surface area contributed by atoms with E-state index in [9.17, 15) is 0 Å². The number of aryl methyl sites for hydroxylation is 1. The van der Waals surface area contributed by atoms with Crippen molar-refractivity contribution >= 4 is 0 Å². The topological polar surface area (TPSA) is 21.3 Å². The first-order chi connectivity index (χ1) is 9.25. The molecule has 2 rings (SSSR count). The molecule has 2 heteroatoms. The van der Waals surface area contributed by atoms with Gasteiger partial charge >= 0.3 is 0 Å². The average Bonchev–Trinajstić information content (AvgIpc) is 2.42. The average molecular weight is 261 g/mol. The maximum Gasteiger partial charge on any atom is 0.0591 e. The highest BCUT2D eigenvalue weighted by atomic mass is 16.5. The first kappa shape index (κ1) is 14.5. The maximum absolute atomic E-state index is 5.64. The van der Waals surface area contributed by atoms with E-state index in [0.29, 0.717) is 6.04 Å².